The van der Waals surface area contributed by atoms with Crippen LogP contribution in [-0.4, -0.2) is 0 Å². The summed E-state index contributed by atoms with van der Waals surface area (Å²) in [5.74, 6) is 0.590. The van der Waals surface area contributed by atoms with Crippen molar-refractivity contribution in [2.75, 3.05) is 0 Å². The number of hydrogen-bond donors (Lipinski definition) is 0. The molecule has 0 aliphatic heterocycles. The predicted molar refractivity (Wildman–Crippen MR) is 80.5 cm³/mol. The van der Waals surface area contributed by atoms with Gasteiger partial charge in [0, 0.05) is 0 Å². The van der Waals surface area contributed by atoms with Gasteiger partial charge in [-0.2, -0.15) is 5.26 Å². The Morgan fingerprint density at radius 3 is 2.32 bits per heavy atom. The Balaban J connectivity index is 2.90. The molecule has 0 aromatic heterocycles. The highest BCUT2D eigenvalue weighted by atomic mass is 14.5. The van der Waals surface area contributed by atoms with Crippen molar-refractivity contribution in [2.45, 2.75) is 65.7 Å². The maximum absolute atomic E-state index is 9.42. The maximum Gasteiger partial charge on any atom is 0.0997 e. The fourth-order valence-corrected chi connectivity index (χ4v) is 4.13. The van der Waals surface area contributed by atoms with Gasteiger partial charge in [0.2, 0.25) is 0 Å². The van der Waals surface area contributed by atoms with E-state index >= 15 is 0 Å². The van der Waals surface area contributed by atoms with Crippen molar-refractivity contribution < 1.29 is 0 Å². The molecule has 0 spiro atoms. The van der Waals surface area contributed by atoms with Crippen LogP contribution in [0.3, 0.4) is 0 Å². The lowest BCUT2D eigenvalue weighted by atomic mass is 9.68. The van der Waals surface area contributed by atoms with Crippen LogP contribution < -0.4 is 0 Å². The molecule has 0 amide bonds. The molecule has 0 saturated carbocycles. The fraction of sp³-hybridized carbons (Fsp3) is 0.611. The molecule has 1 heteroatoms. The van der Waals surface area contributed by atoms with Crippen LogP contribution in [0.1, 0.15) is 68.9 Å². The zero-order valence-corrected chi connectivity index (χ0v) is 13.3. The van der Waals surface area contributed by atoms with Gasteiger partial charge in [0.05, 0.1) is 11.6 Å². The van der Waals surface area contributed by atoms with Gasteiger partial charge in [0.1, 0.15) is 0 Å². The number of nitriles is 1. The minimum atomic E-state index is 0.183. The lowest BCUT2D eigenvalue weighted by Gasteiger charge is -2.35. The molecule has 1 aromatic carbocycles. The number of hydrogen-bond acceptors (Lipinski definition) is 1. The van der Waals surface area contributed by atoms with Crippen LogP contribution >= 0.6 is 0 Å². The van der Waals surface area contributed by atoms with Crippen molar-refractivity contribution in [3.8, 4) is 6.07 Å². The van der Waals surface area contributed by atoms with Crippen LogP contribution in [0.2, 0.25) is 0 Å². The maximum atomic E-state index is 9.42. The number of fused-ring (bicyclic) bond motifs is 1. The summed E-state index contributed by atoms with van der Waals surface area (Å²) in [5, 5.41) is 9.42. The van der Waals surface area contributed by atoms with E-state index in [1.807, 2.05) is 0 Å². The van der Waals surface area contributed by atoms with Crippen molar-refractivity contribution in [1.29, 1.82) is 5.26 Å². The molecule has 102 valence electrons. The van der Waals surface area contributed by atoms with Crippen molar-refractivity contribution >= 4 is 0 Å². The van der Waals surface area contributed by atoms with E-state index in [-0.39, 0.29) is 10.8 Å². The lowest BCUT2D eigenvalue weighted by Crippen LogP contribution is -2.33. The van der Waals surface area contributed by atoms with E-state index in [1.54, 1.807) is 0 Å². The van der Waals surface area contributed by atoms with Gasteiger partial charge < -0.3 is 0 Å². The van der Waals surface area contributed by atoms with Crippen molar-refractivity contribution in [3.05, 3.63) is 33.9 Å². The van der Waals surface area contributed by atoms with Crippen LogP contribution in [0, 0.1) is 31.1 Å². The van der Waals surface area contributed by atoms with E-state index in [0.717, 1.165) is 17.5 Å². The number of rotatable bonds is 1. The Kier molecular flexibility index (Phi) is 3.05. The number of aryl methyl sites for hydroxylation is 1. The highest BCUT2D eigenvalue weighted by molar-refractivity contribution is 5.59. The lowest BCUT2D eigenvalue weighted by molar-refractivity contribution is 0.239. The molecular formula is C18H25N. The first-order valence-electron chi connectivity index (χ1n) is 7.27. The Morgan fingerprint density at radius 2 is 1.84 bits per heavy atom. The minimum absolute atomic E-state index is 0.183. The van der Waals surface area contributed by atoms with Gasteiger partial charge >= 0.3 is 0 Å². The van der Waals surface area contributed by atoms with Crippen LogP contribution in [0.4, 0.5) is 0 Å². The third-order valence-electron chi connectivity index (χ3n) is 5.92. The predicted octanol–water partition coefficient (Wildman–Crippen LogP) is 4.77. The first-order valence-corrected chi connectivity index (χ1v) is 7.27. The molecule has 2 atom stereocenters. The molecule has 19 heavy (non-hydrogen) atoms. The summed E-state index contributed by atoms with van der Waals surface area (Å²) in [6, 6.07) is 4.66. The van der Waals surface area contributed by atoms with Crippen molar-refractivity contribution in [1.82, 2.24) is 0 Å². The molecule has 1 nitrogen and oxygen atoms in total. The van der Waals surface area contributed by atoms with E-state index in [4.69, 9.17) is 0 Å². The zero-order valence-electron chi connectivity index (χ0n) is 13.3. The monoisotopic (exact) mass is 255 g/mol. The van der Waals surface area contributed by atoms with Crippen LogP contribution in [0.5, 0.6) is 0 Å². The molecule has 0 heterocycles. The third kappa shape index (κ3) is 1.59. The Hall–Kier alpha value is -1.29. The molecular weight excluding hydrogens is 230 g/mol. The van der Waals surface area contributed by atoms with E-state index < -0.39 is 0 Å². The molecule has 0 radical (unpaired) electrons. The quantitative estimate of drug-likeness (QED) is 0.709. The SMILES string of the molecule is CC[C@@]1(C)c2c(cc(C)c(C#N)c2C)C(C)(C)[C@@H]1C. The second-order valence-electron chi connectivity index (χ2n) is 6.94. The van der Waals surface area contributed by atoms with Crippen molar-refractivity contribution in [3.63, 3.8) is 0 Å². The molecule has 0 N–H and O–H groups in total. The van der Waals surface area contributed by atoms with E-state index in [2.05, 4.69) is 60.6 Å². The standard InChI is InChI=1S/C18H25N/c1-8-18(7)13(4)17(5,6)15-9-11(2)14(10-19)12(3)16(15)18/h9,13H,8H2,1-7H3/t13-,18+/m0/s1. The Morgan fingerprint density at radius 1 is 1.26 bits per heavy atom. The molecule has 1 aliphatic rings. The smallest absolute Gasteiger partial charge is 0.0997 e. The molecule has 1 aromatic rings. The van der Waals surface area contributed by atoms with Crippen LogP contribution in [0.15, 0.2) is 6.07 Å². The van der Waals surface area contributed by atoms with Gasteiger partial charge in [-0.15, -0.1) is 0 Å². The zero-order chi connectivity index (χ0) is 14.6. The molecule has 0 unspecified atom stereocenters. The molecule has 2 rings (SSSR count). The summed E-state index contributed by atoms with van der Waals surface area (Å²) >= 11 is 0. The molecule has 0 fully saturated rings. The summed E-state index contributed by atoms with van der Waals surface area (Å²) < 4.78 is 0. The van der Waals surface area contributed by atoms with Gasteiger partial charge in [-0.05, 0) is 59.3 Å². The molecule has 1 aliphatic carbocycles. The second-order valence-corrected chi connectivity index (χ2v) is 6.94. The average Bonchev–Trinajstić information content (AvgIpc) is 2.50. The minimum Gasteiger partial charge on any atom is -0.192 e. The first kappa shape index (κ1) is 14.1. The van der Waals surface area contributed by atoms with Gasteiger partial charge in [-0.25, -0.2) is 0 Å². The van der Waals surface area contributed by atoms with E-state index in [0.29, 0.717) is 5.92 Å². The highest BCUT2D eigenvalue weighted by Crippen LogP contribution is 2.56. The number of benzene rings is 1. The Labute approximate surface area is 117 Å². The topological polar surface area (TPSA) is 23.8 Å². The van der Waals surface area contributed by atoms with Gasteiger partial charge in [0.25, 0.3) is 0 Å². The fourth-order valence-electron chi connectivity index (χ4n) is 4.13. The molecule has 0 saturated heterocycles. The van der Waals surface area contributed by atoms with Crippen molar-refractivity contribution in [2.24, 2.45) is 5.92 Å². The molecule has 0 bridgehead atoms. The summed E-state index contributed by atoms with van der Waals surface area (Å²) in [6.45, 7) is 15.9. The van der Waals surface area contributed by atoms with Gasteiger partial charge in [0.15, 0.2) is 0 Å². The third-order valence-corrected chi connectivity index (χ3v) is 5.92. The first-order chi connectivity index (χ1) is 8.71. The summed E-state index contributed by atoms with van der Waals surface area (Å²) in [4.78, 5) is 0. The normalized spacial score (nSPS) is 28.0. The van der Waals surface area contributed by atoms with Gasteiger partial charge in [-0.3, -0.25) is 0 Å². The number of nitrogens with zero attached hydrogens (tertiary/aromatic N) is 1. The van der Waals surface area contributed by atoms with Crippen LogP contribution in [0.25, 0.3) is 0 Å². The van der Waals surface area contributed by atoms with Gasteiger partial charge in [-0.1, -0.05) is 40.7 Å². The Bertz CT molecular complexity index is 574. The summed E-state index contributed by atoms with van der Waals surface area (Å²) in [5.41, 5.74) is 6.47. The average molecular weight is 255 g/mol. The highest BCUT2D eigenvalue weighted by Gasteiger charge is 2.51. The largest absolute Gasteiger partial charge is 0.192 e. The summed E-state index contributed by atoms with van der Waals surface area (Å²) in [7, 11) is 0. The van der Waals surface area contributed by atoms with Crippen LogP contribution in [-0.2, 0) is 10.8 Å². The van der Waals surface area contributed by atoms with E-state index in [1.165, 1.54) is 16.7 Å². The summed E-state index contributed by atoms with van der Waals surface area (Å²) in [6.07, 6.45) is 1.12. The second kappa shape index (κ2) is 4.10. The van der Waals surface area contributed by atoms with E-state index in [9.17, 15) is 5.26 Å².